The molecule has 1 aromatic rings. The van der Waals surface area contributed by atoms with E-state index in [0.29, 0.717) is 0 Å². The molecule has 1 fully saturated rings. The molecule has 1 aromatic heterocycles. The number of anilines is 1. The molecule has 0 aromatic carbocycles. The van der Waals surface area contributed by atoms with Gasteiger partial charge < -0.3 is 10.1 Å². The SMILES string of the molecule is CO[C@H]1C[C@@H](C(=O)Nc2ccc(C)nc2C)N(C)C1. The number of pyridine rings is 1. The first-order valence-corrected chi connectivity index (χ1v) is 6.49. The van der Waals surface area contributed by atoms with Crippen LogP contribution in [0.15, 0.2) is 12.1 Å². The number of carbonyl (C=O) groups excluding carboxylic acids is 1. The van der Waals surface area contributed by atoms with Gasteiger partial charge in [0.15, 0.2) is 0 Å². The zero-order chi connectivity index (χ0) is 14.0. The number of nitrogens with one attached hydrogen (secondary N) is 1. The van der Waals surface area contributed by atoms with Crippen molar-refractivity contribution in [1.82, 2.24) is 9.88 Å². The van der Waals surface area contributed by atoms with E-state index in [2.05, 4.69) is 10.3 Å². The van der Waals surface area contributed by atoms with Gasteiger partial charge in [0.05, 0.1) is 23.5 Å². The smallest absolute Gasteiger partial charge is 0.241 e. The molecule has 1 N–H and O–H groups in total. The average Bonchev–Trinajstić information content (AvgIpc) is 2.74. The molecule has 5 heteroatoms. The van der Waals surface area contributed by atoms with E-state index in [-0.39, 0.29) is 18.1 Å². The van der Waals surface area contributed by atoms with E-state index >= 15 is 0 Å². The molecule has 5 nitrogen and oxygen atoms in total. The topological polar surface area (TPSA) is 54.5 Å². The van der Waals surface area contributed by atoms with Crippen LogP contribution in [0.4, 0.5) is 5.69 Å². The van der Waals surface area contributed by atoms with Crippen LogP contribution in [0.1, 0.15) is 17.8 Å². The summed E-state index contributed by atoms with van der Waals surface area (Å²) in [5.41, 5.74) is 2.58. The van der Waals surface area contributed by atoms with Crippen molar-refractivity contribution in [3.8, 4) is 0 Å². The van der Waals surface area contributed by atoms with Crippen molar-refractivity contribution in [3.05, 3.63) is 23.5 Å². The lowest BCUT2D eigenvalue weighted by atomic mass is 10.1. The average molecular weight is 263 g/mol. The van der Waals surface area contributed by atoms with Gasteiger partial charge in [0.2, 0.25) is 5.91 Å². The van der Waals surface area contributed by atoms with Gasteiger partial charge in [0.1, 0.15) is 0 Å². The summed E-state index contributed by atoms with van der Waals surface area (Å²) in [4.78, 5) is 18.7. The zero-order valence-corrected chi connectivity index (χ0v) is 11.9. The number of methoxy groups -OCH3 is 1. The molecule has 104 valence electrons. The van der Waals surface area contributed by atoms with Gasteiger partial charge in [-0.3, -0.25) is 14.7 Å². The summed E-state index contributed by atoms with van der Waals surface area (Å²) in [6, 6.07) is 3.67. The van der Waals surface area contributed by atoms with Gasteiger partial charge in [-0.05, 0) is 39.4 Å². The molecule has 0 aliphatic carbocycles. The van der Waals surface area contributed by atoms with Crippen LogP contribution in [0, 0.1) is 13.8 Å². The maximum Gasteiger partial charge on any atom is 0.241 e. The lowest BCUT2D eigenvalue weighted by molar-refractivity contribution is -0.120. The van der Waals surface area contributed by atoms with E-state index < -0.39 is 0 Å². The summed E-state index contributed by atoms with van der Waals surface area (Å²) in [6.45, 7) is 4.63. The summed E-state index contributed by atoms with van der Waals surface area (Å²) in [5.74, 6) is 0.0100. The third kappa shape index (κ3) is 3.11. The first-order valence-electron chi connectivity index (χ1n) is 6.49. The van der Waals surface area contributed by atoms with E-state index in [4.69, 9.17) is 4.74 Å². The summed E-state index contributed by atoms with van der Waals surface area (Å²) < 4.78 is 5.32. The number of amides is 1. The maximum absolute atomic E-state index is 12.3. The molecular weight excluding hydrogens is 242 g/mol. The lowest BCUT2D eigenvalue weighted by Crippen LogP contribution is -2.37. The van der Waals surface area contributed by atoms with Crippen LogP contribution in [-0.2, 0) is 9.53 Å². The molecule has 0 bridgehead atoms. The Balaban J connectivity index is 2.05. The minimum absolute atomic E-state index is 0.0100. The number of carbonyl (C=O) groups is 1. The molecule has 1 saturated heterocycles. The molecule has 0 spiro atoms. The summed E-state index contributed by atoms with van der Waals surface area (Å²) in [7, 11) is 3.64. The third-order valence-corrected chi connectivity index (χ3v) is 3.63. The van der Waals surface area contributed by atoms with Gasteiger partial charge in [-0.1, -0.05) is 0 Å². The highest BCUT2D eigenvalue weighted by molar-refractivity contribution is 5.95. The summed E-state index contributed by atoms with van der Waals surface area (Å²) in [5, 5.41) is 2.96. The second-order valence-electron chi connectivity index (χ2n) is 5.12. The first kappa shape index (κ1) is 14.0. The Morgan fingerprint density at radius 1 is 1.47 bits per heavy atom. The van der Waals surface area contributed by atoms with Gasteiger partial charge in [-0.25, -0.2) is 0 Å². The highest BCUT2D eigenvalue weighted by atomic mass is 16.5. The van der Waals surface area contributed by atoms with Gasteiger partial charge in [0.25, 0.3) is 0 Å². The van der Waals surface area contributed by atoms with Crippen molar-refractivity contribution in [1.29, 1.82) is 0 Å². The molecule has 0 radical (unpaired) electrons. The van der Waals surface area contributed by atoms with E-state index in [0.717, 1.165) is 30.0 Å². The van der Waals surface area contributed by atoms with E-state index in [1.165, 1.54) is 0 Å². The van der Waals surface area contributed by atoms with Crippen molar-refractivity contribution in [2.45, 2.75) is 32.4 Å². The van der Waals surface area contributed by atoms with Crippen LogP contribution in [0.5, 0.6) is 0 Å². The Labute approximate surface area is 114 Å². The monoisotopic (exact) mass is 263 g/mol. The zero-order valence-electron chi connectivity index (χ0n) is 11.9. The molecule has 0 saturated carbocycles. The number of rotatable bonds is 3. The van der Waals surface area contributed by atoms with E-state index in [1.807, 2.05) is 37.9 Å². The Hall–Kier alpha value is -1.46. The predicted octanol–water partition coefficient (Wildman–Crippen LogP) is 1.36. The molecule has 0 unspecified atom stereocenters. The van der Waals surface area contributed by atoms with E-state index in [9.17, 15) is 4.79 Å². The van der Waals surface area contributed by atoms with Crippen LogP contribution < -0.4 is 5.32 Å². The number of likely N-dealkylation sites (tertiary alicyclic amines) is 1. The van der Waals surface area contributed by atoms with Gasteiger partial charge in [-0.2, -0.15) is 0 Å². The standard InChI is InChI=1S/C14H21N3O2/c1-9-5-6-12(10(2)15-9)16-14(18)13-7-11(19-4)8-17(13)3/h5-6,11,13H,7-8H2,1-4H3,(H,16,18)/t11-,13-/m0/s1. The second kappa shape index (κ2) is 5.67. The largest absolute Gasteiger partial charge is 0.380 e. The summed E-state index contributed by atoms with van der Waals surface area (Å²) in [6.07, 6.45) is 0.870. The van der Waals surface area contributed by atoms with Crippen LogP contribution in [0.2, 0.25) is 0 Å². The molecular formula is C14H21N3O2. The molecule has 2 heterocycles. The number of hydrogen-bond acceptors (Lipinski definition) is 4. The van der Waals surface area contributed by atoms with Crippen molar-refractivity contribution in [2.24, 2.45) is 0 Å². The Morgan fingerprint density at radius 2 is 2.21 bits per heavy atom. The van der Waals surface area contributed by atoms with E-state index in [1.54, 1.807) is 7.11 Å². The van der Waals surface area contributed by atoms with Crippen LogP contribution in [0.25, 0.3) is 0 Å². The fourth-order valence-corrected chi connectivity index (χ4v) is 2.46. The van der Waals surface area contributed by atoms with Crippen LogP contribution in [0.3, 0.4) is 0 Å². The first-order chi connectivity index (χ1) is 9.01. The Bertz CT molecular complexity index is 476. The van der Waals surface area contributed by atoms with Crippen LogP contribution >= 0.6 is 0 Å². The van der Waals surface area contributed by atoms with Crippen molar-refractivity contribution in [2.75, 3.05) is 26.0 Å². The molecule has 1 amide bonds. The fourth-order valence-electron chi connectivity index (χ4n) is 2.46. The number of likely N-dealkylation sites (N-methyl/N-ethyl adjacent to an activating group) is 1. The highest BCUT2D eigenvalue weighted by Gasteiger charge is 2.34. The van der Waals surface area contributed by atoms with Crippen molar-refractivity contribution < 1.29 is 9.53 Å². The number of nitrogens with zero attached hydrogens (tertiary/aromatic N) is 2. The Kier molecular flexibility index (Phi) is 4.17. The van der Waals surface area contributed by atoms with Crippen LogP contribution in [-0.4, -0.2) is 48.6 Å². The second-order valence-corrected chi connectivity index (χ2v) is 5.12. The minimum Gasteiger partial charge on any atom is -0.380 e. The third-order valence-electron chi connectivity index (χ3n) is 3.63. The highest BCUT2D eigenvalue weighted by Crippen LogP contribution is 2.20. The predicted molar refractivity (Wildman–Crippen MR) is 74.2 cm³/mol. The number of aryl methyl sites for hydroxylation is 2. The van der Waals surface area contributed by atoms with Gasteiger partial charge in [-0.15, -0.1) is 0 Å². The Morgan fingerprint density at radius 3 is 2.79 bits per heavy atom. The van der Waals surface area contributed by atoms with Gasteiger partial charge >= 0.3 is 0 Å². The molecule has 2 atom stereocenters. The summed E-state index contributed by atoms with van der Waals surface area (Å²) >= 11 is 0. The quantitative estimate of drug-likeness (QED) is 0.894. The minimum atomic E-state index is -0.134. The molecule has 1 aliphatic rings. The number of aromatic nitrogens is 1. The molecule has 19 heavy (non-hydrogen) atoms. The maximum atomic E-state index is 12.3. The molecule has 1 aliphatic heterocycles. The lowest BCUT2D eigenvalue weighted by Gasteiger charge is -2.18. The number of ether oxygens (including phenoxy) is 1. The normalized spacial score (nSPS) is 23.6. The van der Waals surface area contributed by atoms with Gasteiger partial charge in [0, 0.05) is 19.3 Å². The van der Waals surface area contributed by atoms with Crippen molar-refractivity contribution >= 4 is 11.6 Å². The fraction of sp³-hybridized carbons (Fsp3) is 0.571. The molecule has 2 rings (SSSR count). The number of hydrogen-bond donors (Lipinski definition) is 1. The van der Waals surface area contributed by atoms with Crippen molar-refractivity contribution in [3.63, 3.8) is 0 Å².